The van der Waals surface area contributed by atoms with Crippen LogP contribution in [0.5, 0.6) is 11.5 Å². The van der Waals surface area contributed by atoms with Crippen LogP contribution in [-0.2, 0) is 16.6 Å². The molecule has 26 heavy (non-hydrogen) atoms. The van der Waals surface area contributed by atoms with Crippen molar-refractivity contribution < 1.29 is 14.3 Å². The molecule has 1 saturated heterocycles. The van der Waals surface area contributed by atoms with Crippen molar-refractivity contribution in [2.75, 3.05) is 20.2 Å². The number of methoxy groups -OCH3 is 1. The molecule has 1 aromatic carbocycles. The molecule has 0 amide bonds. The lowest BCUT2D eigenvalue weighted by atomic mass is 9.51. The minimum Gasteiger partial charge on any atom is -0.493 e. The highest BCUT2D eigenvalue weighted by molar-refractivity contribution is 5.89. The molecule has 2 heterocycles. The van der Waals surface area contributed by atoms with Crippen molar-refractivity contribution in [3.8, 4) is 11.5 Å². The number of hydrogen-bond donors (Lipinski definition) is 0. The van der Waals surface area contributed by atoms with Crippen LogP contribution < -0.4 is 9.47 Å². The summed E-state index contributed by atoms with van der Waals surface area (Å²) >= 11 is 0. The lowest BCUT2D eigenvalue weighted by Crippen LogP contribution is -2.66. The van der Waals surface area contributed by atoms with E-state index in [0.717, 1.165) is 43.2 Å². The Morgan fingerprint density at radius 2 is 2.27 bits per heavy atom. The van der Waals surface area contributed by atoms with Crippen LogP contribution in [0.3, 0.4) is 0 Å². The van der Waals surface area contributed by atoms with Gasteiger partial charge in [0.2, 0.25) is 0 Å². The van der Waals surface area contributed by atoms with Crippen LogP contribution in [0.15, 0.2) is 12.1 Å². The Kier molecular flexibility index (Phi) is 3.66. The number of carbonyl (C=O) groups excluding carboxylic acids is 1. The molecule has 2 bridgehead atoms. The molecule has 4 heteroatoms. The molecule has 0 radical (unpaired) electrons. The number of rotatable bonds is 4. The molecule has 5 atom stereocenters. The Hall–Kier alpha value is -1.55. The topological polar surface area (TPSA) is 38.8 Å². The molecule has 2 fully saturated rings. The van der Waals surface area contributed by atoms with Crippen LogP contribution in [0.4, 0.5) is 0 Å². The van der Waals surface area contributed by atoms with E-state index in [2.05, 4.69) is 24.8 Å². The second kappa shape index (κ2) is 5.72. The summed E-state index contributed by atoms with van der Waals surface area (Å²) in [4.78, 5) is 15.6. The molecular formula is C22H29NO3. The normalized spacial score (nSPS) is 35.7. The van der Waals surface area contributed by atoms with Crippen LogP contribution in [0.2, 0.25) is 0 Å². The quantitative estimate of drug-likeness (QED) is 0.830. The Balaban J connectivity index is 1.64. The van der Waals surface area contributed by atoms with Crippen molar-refractivity contribution >= 4 is 5.78 Å². The van der Waals surface area contributed by atoms with Crippen LogP contribution in [0, 0.1) is 11.8 Å². The molecule has 1 saturated carbocycles. The van der Waals surface area contributed by atoms with Gasteiger partial charge in [0.05, 0.1) is 7.11 Å². The van der Waals surface area contributed by atoms with Crippen LogP contribution in [0.25, 0.3) is 0 Å². The number of carbonyl (C=O) groups is 1. The predicted molar refractivity (Wildman–Crippen MR) is 100.0 cm³/mol. The van der Waals surface area contributed by atoms with E-state index >= 15 is 0 Å². The lowest BCUT2D eigenvalue weighted by Gasteiger charge is -2.58. The molecule has 2 aliphatic carbocycles. The molecule has 4 aliphatic rings. The number of nitrogens with zero attached hydrogens (tertiary/aromatic N) is 1. The van der Waals surface area contributed by atoms with Crippen molar-refractivity contribution in [3.05, 3.63) is 23.3 Å². The third-order valence-electron chi connectivity index (χ3n) is 7.67. The van der Waals surface area contributed by atoms with Gasteiger partial charge in [0.1, 0.15) is 0 Å². The number of hydrogen-bond acceptors (Lipinski definition) is 4. The van der Waals surface area contributed by atoms with Crippen LogP contribution >= 0.6 is 0 Å². The van der Waals surface area contributed by atoms with Gasteiger partial charge >= 0.3 is 0 Å². The highest BCUT2D eigenvalue weighted by Crippen LogP contribution is 2.63. The van der Waals surface area contributed by atoms with E-state index in [4.69, 9.17) is 9.47 Å². The largest absolute Gasteiger partial charge is 0.493 e. The molecule has 4 nitrogen and oxygen atoms in total. The van der Waals surface area contributed by atoms with Crippen molar-refractivity contribution in [1.29, 1.82) is 0 Å². The monoisotopic (exact) mass is 355 g/mol. The maximum Gasteiger partial charge on any atom is 0.174 e. The standard InChI is InChI=1S/C22H29NO3/c1-4-13(2)12-23-10-9-22-15-6-7-17(24)21(22)26-20-18(25-3)8-5-14(19(20)22)11-16(15)23/h5,8,13,15-16,21H,4,6-7,9-12H2,1-3H3/t13?,15-,16+,21?,22-/m1/s1. The van der Waals surface area contributed by atoms with Crippen molar-refractivity contribution in [1.82, 2.24) is 4.90 Å². The average Bonchev–Trinajstić information content (AvgIpc) is 3.00. The molecule has 1 spiro atoms. The minimum absolute atomic E-state index is 0.108. The number of ketones is 1. The molecule has 2 aliphatic heterocycles. The molecule has 1 aromatic rings. The Bertz CT molecular complexity index is 760. The zero-order valence-corrected chi connectivity index (χ0v) is 16.1. The van der Waals surface area contributed by atoms with E-state index in [1.165, 1.54) is 24.1 Å². The summed E-state index contributed by atoms with van der Waals surface area (Å²) in [6.07, 6.45) is 4.72. The first-order valence-corrected chi connectivity index (χ1v) is 10.2. The fraction of sp³-hybridized carbons (Fsp3) is 0.682. The van der Waals surface area contributed by atoms with E-state index in [1.807, 2.05) is 6.07 Å². The maximum absolute atomic E-state index is 12.8. The van der Waals surface area contributed by atoms with Gasteiger partial charge in [-0.1, -0.05) is 26.3 Å². The molecule has 0 aromatic heterocycles. The molecule has 2 unspecified atom stereocenters. The van der Waals surface area contributed by atoms with E-state index in [-0.39, 0.29) is 11.5 Å². The number of Topliss-reactive ketones (excluding diaryl/α,β-unsaturated/α-hetero) is 1. The second-order valence-corrected chi connectivity index (χ2v) is 8.81. The van der Waals surface area contributed by atoms with Gasteiger partial charge < -0.3 is 9.47 Å². The van der Waals surface area contributed by atoms with Crippen molar-refractivity contribution in [2.45, 2.75) is 63.5 Å². The van der Waals surface area contributed by atoms with Gasteiger partial charge in [-0.25, -0.2) is 0 Å². The second-order valence-electron chi connectivity index (χ2n) is 8.81. The van der Waals surface area contributed by atoms with E-state index in [1.54, 1.807) is 7.11 Å². The summed E-state index contributed by atoms with van der Waals surface area (Å²) in [7, 11) is 1.70. The van der Waals surface area contributed by atoms with Gasteiger partial charge in [0, 0.05) is 30.0 Å². The number of ether oxygens (including phenoxy) is 2. The van der Waals surface area contributed by atoms with Gasteiger partial charge in [-0.05, 0) is 49.3 Å². The van der Waals surface area contributed by atoms with Gasteiger partial charge in [-0.15, -0.1) is 0 Å². The molecule has 5 rings (SSSR count). The summed E-state index contributed by atoms with van der Waals surface area (Å²) in [6.45, 7) is 6.89. The fourth-order valence-corrected chi connectivity index (χ4v) is 6.31. The summed E-state index contributed by atoms with van der Waals surface area (Å²) < 4.78 is 11.9. The van der Waals surface area contributed by atoms with Crippen molar-refractivity contribution in [3.63, 3.8) is 0 Å². The number of likely N-dealkylation sites (tertiary alicyclic amines) is 1. The van der Waals surface area contributed by atoms with E-state index in [0.29, 0.717) is 24.2 Å². The SMILES string of the molecule is CCC(C)CN1CC[C@@]23c4c5ccc(OC)c4OC2C(=O)CC[C@@H]3[C@@H]1C5. The Morgan fingerprint density at radius 3 is 3.04 bits per heavy atom. The molecule has 140 valence electrons. The highest BCUT2D eigenvalue weighted by Gasteiger charge is 2.65. The average molecular weight is 355 g/mol. The summed E-state index contributed by atoms with van der Waals surface area (Å²) in [5.74, 6) is 3.20. The van der Waals surface area contributed by atoms with Gasteiger partial charge in [0.15, 0.2) is 23.4 Å². The van der Waals surface area contributed by atoms with Crippen molar-refractivity contribution in [2.24, 2.45) is 11.8 Å². The first-order chi connectivity index (χ1) is 12.6. The first-order valence-electron chi connectivity index (χ1n) is 10.2. The van der Waals surface area contributed by atoms with Crippen LogP contribution in [0.1, 0.15) is 50.7 Å². The third-order valence-corrected chi connectivity index (χ3v) is 7.67. The van der Waals surface area contributed by atoms with E-state index < -0.39 is 0 Å². The first kappa shape index (κ1) is 16.6. The minimum atomic E-state index is -0.292. The fourth-order valence-electron chi connectivity index (χ4n) is 6.31. The summed E-state index contributed by atoms with van der Waals surface area (Å²) in [5.41, 5.74) is 2.59. The van der Waals surface area contributed by atoms with Gasteiger partial charge in [-0.2, -0.15) is 0 Å². The molecule has 0 N–H and O–H groups in total. The molecular weight excluding hydrogens is 326 g/mol. The van der Waals surface area contributed by atoms with Gasteiger partial charge in [0.25, 0.3) is 0 Å². The highest BCUT2D eigenvalue weighted by atomic mass is 16.5. The third kappa shape index (κ3) is 1.97. The van der Waals surface area contributed by atoms with E-state index in [9.17, 15) is 4.79 Å². The maximum atomic E-state index is 12.8. The zero-order chi connectivity index (χ0) is 18.1. The predicted octanol–water partition coefficient (Wildman–Crippen LogP) is 3.35. The van der Waals surface area contributed by atoms with Crippen LogP contribution in [-0.4, -0.2) is 43.0 Å². The summed E-state index contributed by atoms with van der Waals surface area (Å²) in [6, 6.07) is 4.80. The number of benzene rings is 1. The number of piperidine rings is 1. The Morgan fingerprint density at radius 1 is 1.42 bits per heavy atom. The smallest absolute Gasteiger partial charge is 0.174 e. The lowest BCUT2D eigenvalue weighted by molar-refractivity contribution is -0.139. The summed E-state index contributed by atoms with van der Waals surface area (Å²) in [5, 5.41) is 0. The Labute approximate surface area is 155 Å². The van der Waals surface area contributed by atoms with Gasteiger partial charge in [-0.3, -0.25) is 9.69 Å². The zero-order valence-electron chi connectivity index (χ0n) is 16.1.